The van der Waals surface area contributed by atoms with E-state index in [0.29, 0.717) is 12.6 Å². The summed E-state index contributed by atoms with van der Waals surface area (Å²) in [7, 11) is 0. The highest BCUT2D eigenvalue weighted by molar-refractivity contribution is 5.53. The summed E-state index contributed by atoms with van der Waals surface area (Å²) < 4.78 is 0. The number of nitrogens with zero attached hydrogens (tertiary/aromatic N) is 2. The summed E-state index contributed by atoms with van der Waals surface area (Å²) in [6.07, 6.45) is 7.66. The maximum atomic E-state index is 5.74. The van der Waals surface area contributed by atoms with Crippen molar-refractivity contribution in [3.8, 4) is 0 Å². The van der Waals surface area contributed by atoms with Gasteiger partial charge in [0.25, 0.3) is 0 Å². The Hall–Kier alpha value is -1.09. The molecule has 0 aliphatic carbocycles. The van der Waals surface area contributed by atoms with Gasteiger partial charge in [0.2, 0.25) is 0 Å². The Morgan fingerprint density at radius 3 is 3.13 bits per heavy atom. The Bertz CT molecular complexity index is 324. The minimum atomic E-state index is 0.576. The number of pyridine rings is 1. The third-order valence-electron chi connectivity index (χ3n) is 3.21. The Kier molecular flexibility index (Phi) is 3.21. The zero-order valence-corrected chi connectivity index (χ0v) is 9.32. The second kappa shape index (κ2) is 4.62. The highest BCUT2D eigenvalue weighted by atomic mass is 15.2. The molecule has 1 aliphatic rings. The number of hydrogen-bond acceptors (Lipinski definition) is 3. The molecule has 1 saturated heterocycles. The SMILES string of the molecule is CC1CCCCN1c1ccncc1CN. The summed E-state index contributed by atoms with van der Waals surface area (Å²) >= 11 is 0. The van der Waals surface area contributed by atoms with Crippen LogP contribution in [0.25, 0.3) is 0 Å². The van der Waals surface area contributed by atoms with Crippen molar-refractivity contribution in [3.63, 3.8) is 0 Å². The lowest BCUT2D eigenvalue weighted by molar-refractivity contribution is 0.483. The molecule has 1 fully saturated rings. The average Bonchev–Trinajstić information content (AvgIpc) is 2.30. The fraction of sp³-hybridized carbons (Fsp3) is 0.583. The number of hydrogen-bond donors (Lipinski definition) is 1. The summed E-state index contributed by atoms with van der Waals surface area (Å²) in [6, 6.07) is 2.72. The highest BCUT2D eigenvalue weighted by Gasteiger charge is 2.20. The zero-order chi connectivity index (χ0) is 10.7. The average molecular weight is 205 g/mol. The van der Waals surface area contributed by atoms with E-state index in [4.69, 9.17) is 5.73 Å². The van der Waals surface area contributed by atoms with Crippen LogP contribution in [0.1, 0.15) is 31.7 Å². The maximum Gasteiger partial charge on any atom is 0.0445 e. The minimum Gasteiger partial charge on any atom is -0.368 e. The molecule has 1 atom stereocenters. The van der Waals surface area contributed by atoms with Crippen molar-refractivity contribution in [2.75, 3.05) is 11.4 Å². The quantitative estimate of drug-likeness (QED) is 0.802. The van der Waals surface area contributed by atoms with E-state index in [-0.39, 0.29) is 0 Å². The number of anilines is 1. The van der Waals surface area contributed by atoms with E-state index in [2.05, 4.69) is 22.9 Å². The highest BCUT2D eigenvalue weighted by Crippen LogP contribution is 2.26. The normalized spacial score (nSPS) is 21.7. The largest absolute Gasteiger partial charge is 0.368 e. The molecule has 3 nitrogen and oxygen atoms in total. The number of rotatable bonds is 2. The van der Waals surface area contributed by atoms with Crippen LogP contribution >= 0.6 is 0 Å². The van der Waals surface area contributed by atoms with Crippen LogP contribution in [-0.2, 0) is 6.54 Å². The van der Waals surface area contributed by atoms with Crippen LogP contribution in [0, 0.1) is 0 Å². The molecule has 0 bridgehead atoms. The summed E-state index contributed by atoms with van der Waals surface area (Å²) in [4.78, 5) is 6.60. The lowest BCUT2D eigenvalue weighted by atomic mass is 10.0. The Morgan fingerprint density at radius 1 is 1.53 bits per heavy atom. The summed E-state index contributed by atoms with van der Waals surface area (Å²) in [5.74, 6) is 0. The predicted octanol–water partition coefficient (Wildman–Crippen LogP) is 1.92. The van der Waals surface area contributed by atoms with Crippen molar-refractivity contribution in [1.29, 1.82) is 0 Å². The van der Waals surface area contributed by atoms with Crippen molar-refractivity contribution in [2.45, 2.75) is 38.8 Å². The van der Waals surface area contributed by atoms with Gasteiger partial charge in [-0.25, -0.2) is 0 Å². The van der Waals surface area contributed by atoms with Crippen LogP contribution in [0.5, 0.6) is 0 Å². The van der Waals surface area contributed by atoms with E-state index in [9.17, 15) is 0 Å². The fourth-order valence-corrected chi connectivity index (χ4v) is 2.31. The first-order valence-electron chi connectivity index (χ1n) is 5.72. The van der Waals surface area contributed by atoms with Crippen molar-refractivity contribution >= 4 is 5.69 Å². The first kappa shape index (κ1) is 10.4. The molecule has 0 amide bonds. The molecule has 0 saturated carbocycles. The smallest absolute Gasteiger partial charge is 0.0445 e. The van der Waals surface area contributed by atoms with Gasteiger partial charge in [0.15, 0.2) is 0 Å². The molecule has 2 rings (SSSR count). The molecule has 82 valence electrons. The van der Waals surface area contributed by atoms with Gasteiger partial charge in [0.1, 0.15) is 0 Å². The molecular formula is C12H19N3. The van der Waals surface area contributed by atoms with Gasteiger partial charge in [-0.15, -0.1) is 0 Å². The topological polar surface area (TPSA) is 42.2 Å². The molecule has 0 radical (unpaired) electrons. The van der Waals surface area contributed by atoms with E-state index in [1.807, 2.05) is 12.4 Å². The van der Waals surface area contributed by atoms with Gasteiger partial charge in [0, 0.05) is 42.8 Å². The van der Waals surface area contributed by atoms with Crippen LogP contribution in [0.3, 0.4) is 0 Å². The van der Waals surface area contributed by atoms with Crippen LogP contribution in [0.2, 0.25) is 0 Å². The zero-order valence-electron chi connectivity index (χ0n) is 9.32. The van der Waals surface area contributed by atoms with Crippen LogP contribution in [0.15, 0.2) is 18.5 Å². The van der Waals surface area contributed by atoms with Crippen molar-refractivity contribution < 1.29 is 0 Å². The summed E-state index contributed by atoms with van der Waals surface area (Å²) in [5, 5.41) is 0. The second-order valence-corrected chi connectivity index (χ2v) is 4.25. The fourth-order valence-electron chi connectivity index (χ4n) is 2.31. The van der Waals surface area contributed by atoms with Gasteiger partial charge in [-0.2, -0.15) is 0 Å². The van der Waals surface area contributed by atoms with Crippen LogP contribution < -0.4 is 10.6 Å². The maximum absolute atomic E-state index is 5.74. The molecule has 1 aromatic rings. The summed E-state index contributed by atoms with van der Waals surface area (Å²) in [5.41, 5.74) is 8.17. The lowest BCUT2D eigenvalue weighted by Gasteiger charge is -2.36. The van der Waals surface area contributed by atoms with Gasteiger partial charge >= 0.3 is 0 Å². The molecule has 3 heteroatoms. The first-order valence-corrected chi connectivity index (χ1v) is 5.72. The van der Waals surface area contributed by atoms with E-state index >= 15 is 0 Å². The molecule has 2 N–H and O–H groups in total. The number of nitrogens with two attached hydrogens (primary N) is 1. The number of aromatic nitrogens is 1. The van der Waals surface area contributed by atoms with Crippen molar-refractivity contribution in [1.82, 2.24) is 4.98 Å². The molecular weight excluding hydrogens is 186 g/mol. The van der Waals surface area contributed by atoms with E-state index in [1.54, 1.807) is 0 Å². The molecule has 15 heavy (non-hydrogen) atoms. The predicted molar refractivity (Wildman–Crippen MR) is 62.8 cm³/mol. The van der Waals surface area contributed by atoms with E-state index in [1.165, 1.54) is 24.9 Å². The lowest BCUT2D eigenvalue weighted by Crippen LogP contribution is -2.38. The van der Waals surface area contributed by atoms with Gasteiger partial charge in [0.05, 0.1) is 0 Å². The molecule has 1 unspecified atom stereocenters. The molecule has 0 spiro atoms. The standard InChI is InChI=1S/C12H19N3/c1-10-4-2-3-7-15(10)12-5-6-14-9-11(12)8-13/h5-6,9-10H,2-4,7-8,13H2,1H3. The van der Waals surface area contributed by atoms with Crippen LogP contribution in [0.4, 0.5) is 5.69 Å². The molecule has 2 heterocycles. The van der Waals surface area contributed by atoms with E-state index in [0.717, 1.165) is 12.1 Å². The van der Waals surface area contributed by atoms with Crippen LogP contribution in [-0.4, -0.2) is 17.6 Å². The van der Waals surface area contributed by atoms with Crippen molar-refractivity contribution in [2.24, 2.45) is 5.73 Å². The van der Waals surface area contributed by atoms with E-state index < -0.39 is 0 Å². The monoisotopic (exact) mass is 205 g/mol. The molecule has 1 aliphatic heterocycles. The van der Waals surface area contributed by atoms with Gasteiger partial charge in [-0.1, -0.05) is 0 Å². The molecule has 0 aromatic carbocycles. The van der Waals surface area contributed by atoms with Gasteiger partial charge in [-0.05, 0) is 32.3 Å². The third kappa shape index (κ3) is 2.12. The van der Waals surface area contributed by atoms with Gasteiger partial charge < -0.3 is 10.6 Å². The van der Waals surface area contributed by atoms with Gasteiger partial charge in [-0.3, -0.25) is 4.98 Å². The summed E-state index contributed by atoms with van der Waals surface area (Å²) in [6.45, 7) is 4.02. The first-order chi connectivity index (χ1) is 7.33. The Balaban J connectivity index is 2.26. The van der Waals surface area contributed by atoms with Crippen molar-refractivity contribution in [3.05, 3.63) is 24.0 Å². The third-order valence-corrected chi connectivity index (χ3v) is 3.21. The Morgan fingerprint density at radius 2 is 2.40 bits per heavy atom. The second-order valence-electron chi connectivity index (χ2n) is 4.25. The molecule has 1 aromatic heterocycles. The Labute approximate surface area is 91.3 Å². The minimum absolute atomic E-state index is 0.576. The number of piperidine rings is 1.